The molecule has 0 spiro atoms. The van der Waals surface area contributed by atoms with Gasteiger partial charge in [-0.3, -0.25) is 0 Å². The lowest BCUT2D eigenvalue weighted by Crippen LogP contribution is -2.15. The Kier molecular flexibility index (Phi) is 3.96. The van der Waals surface area contributed by atoms with E-state index in [1.54, 1.807) is 39.3 Å². The summed E-state index contributed by atoms with van der Waals surface area (Å²) in [7, 11) is 3.13. The Balaban J connectivity index is 3.13. The van der Waals surface area contributed by atoms with Crippen LogP contribution in [0.5, 0.6) is 11.5 Å². The summed E-state index contributed by atoms with van der Waals surface area (Å²) in [5, 5.41) is 18.0. The summed E-state index contributed by atoms with van der Waals surface area (Å²) in [5.74, 6) is 1.33. The summed E-state index contributed by atoms with van der Waals surface area (Å²) >= 11 is 0. The second-order valence-electron chi connectivity index (χ2n) is 3.91. The van der Waals surface area contributed by atoms with Gasteiger partial charge in [-0.1, -0.05) is 0 Å². The van der Waals surface area contributed by atoms with Crippen molar-refractivity contribution in [2.24, 2.45) is 5.41 Å². The number of rotatable bonds is 4. The molecule has 1 aromatic carbocycles. The van der Waals surface area contributed by atoms with Gasteiger partial charge in [0.2, 0.25) is 0 Å². The first-order valence-electron chi connectivity index (χ1n) is 5.12. The molecule has 1 aromatic rings. The first-order chi connectivity index (χ1) is 8.08. The zero-order valence-corrected chi connectivity index (χ0v) is 10.2. The van der Waals surface area contributed by atoms with E-state index in [2.05, 4.69) is 0 Å². The molecule has 17 heavy (non-hydrogen) atoms. The molecule has 0 unspecified atom stereocenters. The molecule has 1 rings (SSSR count). The number of nitriles is 2. The Hall–Kier alpha value is -2.20. The van der Waals surface area contributed by atoms with Gasteiger partial charge in [0.1, 0.15) is 16.9 Å². The Labute approximate surface area is 101 Å². The Morgan fingerprint density at radius 3 is 2.29 bits per heavy atom. The third-order valence-corrected chi connectivity index (χ3v) is 2.53. The maximum absolute atomic E-state index is 8.99. The lowest BCUT2D eigenvalue weighted by molar-refractivity contribution is 0.394. The molecule has 0 saturated heterocycles. The van der Waals surface area contributed by atoms with Gasteiger partial charge in [0, 0.05) is 12.0 Å². The largest absolute Gasteiger partial charge is 0.497 e. The van der Waals surface area contributed by atoms with Gasteiger partial charge in [0.25, 0.3) is 0 Å². The summed E-state index contributed by atoms with van der Waals surface area (Å²) in [4.78, 5) is 0. The van der Waals surface area contributed by atoms with Crippen molar-refractivity contribution >= 4 is 0 Å². The highest BCUT2D eigenvalue weighted by atomic mass is 16.5. The minimum absolute atomic E-state index is 0.306. The van der Waals surface area contributed by atoms with Crippen molar-refractivity contribution in [1.29, 1.82) is 10.5 Å². The van der Waals surface area contributed by atoms with E-state index in [4.69, 9.17) is 20.0 Å². The number of hydrogen-bond acceptors (Lipinski definition) is 4. The molecule has 0 aliphatic heterocycles. The summed E-state index contributed by atoms with van der Waals surface area (Å²) in [5.41, 5.74) is -0.267. The fourth-order valence-corrected chi connectivity index (χ4v) is 1.51. The summed E-state index contributed by atoms with van der Waals surface area (Å²) in [6, 6.07) is 9.34. The van der Waals surface area contributed by atoms with Crippen LogP contribution in [0.2, 0.25) is 0 Å². The molecule has 0 fully saturated rings. The average Bonchev–Trinajstić information content (AvgIpc) is 2.38. The van der Waals surface area contributed by atoms with E-state index in [9.17, 15) is 0 Å². The van der Waals surface area contributed by atoms with Crippen LogP contribution in [0.3, 0.4) is 0 Å². The van der Waals surface area contributed by atoms with E-state index < -0.39 is 5.41 Å². The zero-order chi connectivity index (χ0) is 12.9. The predicted octanol–water partition coefficient (Wildman–Crippen LogP) is 2.30. The van der Waals surface area contributed by atoms with Gasteiger partial charge in [-0.25, -0.2) is 0 Å². The second kappa shape index (κ2) is 5.23. The van der Waals surface area contributed by atoms with Gasteiger partial charge in [0.15, 0.2) is 0 Å². The van der Waals surface area contributed by atoms with Gasteiger partial charge < -0.3 is 9.47 Å². The van der Waals surface area contributed by atoms with Crippen molar-refractivity contribution in [1.82, 2.24) is 0 Å². The summed E-state index contributed by atoms with van der Waals surface area (Å²) in [6.07, 6.45) is 0.306. The molecule has 0 amide bonds. The van der Waals surface area contributed by atoms with Crippen LogP contribution in [0, 0.1) is 28.1 Å². The smallest absolute Gasteiger partial charge is 0.145 e. The molecule has 0 bridgehead atoms. The molecule has 0 aliphatic rings. The van der Waals surface area contributed by atoms with Crippen LogP contribution in [-0.4, -0.2) is 14.2 Å². The van der Waals surface area contributed by atoms with Gasteiger partial charge in [-0.15, -0.1) is 0 Å². The first kappa shape index (κ1) is 12.9. The molecule has 4 heteroatoms. The van der Waals surface area contributed by atoms with Crippen molar-refractivity contribution in [2.45, 2.75) is 13.3 Å². The SMILES string of the molecule is COc1ccc(OC)c(CC(C)(C#N)C#N)c1. The van der Waals surface area contributed by atoms with E-state index in [1.165, 1.54) is 0 Å². The fraction of sp³-hybridized carbons (Fsp3) is 0.385. The first-order valence-corrected chi connectivity index (χ1v) is 5.12. The van der Waals surface area contributed by atoms with Crippen LogP contribution < -0.4 is 9.47 Å². The standard InChI is InChI=1S/C13H14N2O2/c1-13(8-14,9-15)7-10-6-11(16-2)4-5-12(10)17-3/h4-6H,7H2,1-3H3. The molecule has 0 N–H and O–H groups in total. The van der Waals surface area contributed by atoms with Crippen LogP contribution >= 0.6 is 0 Å². The summed E-state index contributed by atoms with van der Waals surface area (Å²) in [6.45, 7) is 1.60. The van der Waals surface area contributed by atoms with Crippen molar-refractivity contribution in [3.05, 3.63) is 23.8 Å². The number of benzene rings is 1. The van der Waals surface area contributed by atoms with Gasteiger partial charge >= 0.3 is 0 Å². The Morgan fingerprint density at radius 1 is 1.18 bits per heavy atom. The number of hydrogen-bond donors (Lipinski definition) is 0. The van der Waals surface area contributed by atoms with Crippen molar-refractivity contribution in [3.8, 4) is 23.6 Å². The number of ether oxygens (including phenoxy) is 2. The minimum Gasteiger partial charge on any atom is -0.497 e. The minimum atomic E-state index is -1.06. The van der Waals surface area contributed by atoms with E-state index in [-0.39, 0.29) is 0 Å². The van der Waals surface area contributed by atoms with E-state index in [1.807, 2.05) is 12.1 Å². The monoisotopic (exact) mass is 230 g/mol. The Morgan fingerprint density at radius 2 is 1.82 bits per heavy atom. The highest BCUT2D eigenvalue weighted by molar-refractivity contribution is 5.42. The van der Waals surface area contributed by atoms with Crippen LogP contribution in [0.25, 0.3) is 0 Å². The molecule has 4 nitrogen and oxygen atoms in total. The molecule has 0 aromatic heterocycles. The van der Waals surface area contributed by atoms with Crippen LogP contribution in [-0.2, 0) is 6.42 Å². The molecule has 0 heterocycles. The molecule has 0 saturated carbocycles. The third-order valence-electron chi connectivity index (χ3n) is 2.53. The normalized spacial score (nSPS) is 10.2. The zero-order valence-electron chi connectivity index (χ0n) is 10.2. The second-order valence-corrected chi connectivity index (χ2v) is 3.91. The fourth-order valence-electron chi connectivity index (χ4n) is 1.51. The topological polar surface area (TPSA) is 66.0 Å². The molecule has 0 aliphatic carbocycles. The van der Waals surface area contributed by atoms with Crippen LogP contribution in [0.15, 0.2) is 18.2 Å². The maximum atomic E-state index is 8.99. The molecule has 0 radical (unpaired) electrons. The van der Waals surface area contributed by atoms with Gasteiger partial charge in [-0.2, -0.15) is 10.5 Å². The lowest BCUT2D eigenvalue weighted by Gasteiger charge is -2.15. The quantitative estimate of drug-likeness (QED) is 0.796. The molecule has 0 atom stereocenters. The number of methoxy groups -OCH3 is 2. The van der Waals surface area contributed by atoms with E-state index >= 15 is 0 Å². The molecular formula is C13H14N2O2. The van der Waals surface area contributed by atoms with E-state index in [0.29, 0.717) is 17.9 Å². The highest BCUT2D eigenvalue weighted by Gasteiger charge is 2.25. The molecular weight excluding hydrogens is 216 g/mol. The third kappa shape index (κ3) is 2.89. The van der Waals surface area contributed by atoms with Gasteiger partial charge in [0.05, 0.1) is 26.4 Å². The van der Waals surface area contributed by atoms with Crippen molar-refractivity contribution in [3.63, 3.8) is 0 Å². The van der Waals surface area contributed by atoms with Gasteiger partial charge in [-0.05, 0) is 25.1 Å². The highest BCUT2D eigenvalue weighted by Crippen LogP contribution is 2.30. The number of nitrogens with zero attached hydrogens (tertiary/aromatic N) is 2. The van der Waals surface area contributed by atoms with Crippen molar-refractivity contribution in [2.75, 3.05) is 14.2 Å². The summed E-state index contributed by atoms with van der Waals surface area (Å²) < 4.78 is 10.3. The Bertz CT molecular complexity index is 469. The molecule has 88 valence electrons. The van der Waals surface area contributed by atoms with E-state index in [0.717, 1.165) is 5.56 Å². The van der Waals surface area contributed by atoms with Crippen molar-refractivity contribution < 1.29 is 9.47 Å². The maximum Gasteiger partial charge on any atom is 0.145 e. The lowest BCUT2D eigenvalue weighted by atomic mass is 9.86. The predicted molar refractivity (Wildman–Crippen MR) is 62.6 cm³/mol. The van der Waals surface area contributed by atoms with Crippen LogP contribution in [0.1, 0.15) is 12.5 Å². The average molecular weight is 230 g/mol. The van der Waals surface area contributed by atoms with Crippen LogP contribution in [0.4, 0.5) is 0 Å².